The number of hydrogen-bond acceptors (Lipinski definition) is 2. The van der Waals surface area contributed by atoms with Gasteiger partial charge in [0.05, 0.1) is 5.02 Å². The van der Waals surface area contributed by atoms with E-state index in [1.807, 2.05) is 13.1 Å². The lowest BCUT2D eigenvalue weighted by molar-refractivity contribution is 0.443. The van der Waals surface area contributed by atoms with Crippen LogP contribution in [0.15, 0.2) is 18.5 Å². The van der Waals surface area contributed by atoms with Crippen molar-refractivity contribution in [1.29, 1.82) is 0 Å². The second-order valence-electron chi connectivity index (χ2n) is 3.41. The van der Waals surface area contributed by atoms with Crippen LogP contribution >= 0.6 is 11.6 Å². The standard InChI is InChI=1S/C10H15ClN2/c1-7(2)10(12-3)8-4-5-13-6-9(8)11/h4-7,10,12H,1-3H3. The first kappa shape index (κ1) is 10.5. The van der Waals surface area contributed by atoms with Crippen molar-refractivity contribution in [3.05, 3.63) is 29.0 Å². The summed E-state index contributed by atoms with van der Waals surface area (Å²) < 4.78 is 0. The van der Waals surface area contributed by atoms with Gasteiger partial charge in [0.25, 0.3) is 0 Å². The zero-order chi connectivity index (χ0) is 9.84. The summed E-state index contributed by atoms with van der Waals surface area (Å²) in [6.07, 6.45) is 3.46. The molecule has 1 atom stereocenters. The van der Waals surface area contributed by atoms with Crippen molar-refractivity contribution in [1.82, 2.24) is 10.3 Å². The van der Waals surface area contributed by atoms with E-state index in [1.54, 1.807) is 12.4 Å². The average Bonchev–Trinajstić information content (AvgIpc) is 2.09. The summed E-state index contributed by atoms with van der Waals surface area (Å²) >= 11 is 6.04. The van der Waals surface area contributed by atoms with E-state index in [1.165, 1.54) is 0 Å². The molecule has 0 aliphatic carbocycles. The van der Waals surface area contributed by atoms with Crippen LogP contribution in [0, 0.1) is 5.92 Å². The van der Waals surface area contributed by atoms with Gasteiger partial charge < -0.3 is 5.32 Å². The van der Waals surface area contributed by atoms with Crippen molar-refractivity contribution in [3.8, 4) is 0 Å². The Bertz CT molecular complexity index is 273. The molecule has 1 heterocycles. The van der Waals surface area contributed by atoms with Crippen LogP contribution in [0.3, 0.4) is 0 Å². The molecular weight excluding hydrogens is 184 g/mol. The van der Waals surface area contributed by atoms with Gasteiger partial charge in [-0.1, -0.05) is 25.4 Å². The van der Waals surface area contributed by atoms with E-state index in [0.717, 1.165) is 10.6 Å². The highest BCUT2D eigenvalue weighted by atomic mass is 35.5. The Morgan fingerprint density at radius 1 is 1.46 bits per heavy atom. The van der Waals surface area contributed by atoms with Crippen molar-refractivity contribution in [3.63, 3.8) is 0 Å². The summed E-state index contributed by atoms with van der Waals surface area (Å²) in [5, 5.41) is 3.98. The molecule has 0 radical (unpaired) electrons. The van der Waals surface area contributed by atoms with Gasteiger partial charge in [0.2, 0.25) is 0 Å². The average molecular weight is 199 g/mol. The van der Waals surface area contributed by atoms with E-state index >= 15 is 0 Å². The fraction of sp³-hybridized carbons (Fsp3) is 0.500. The molecular formula is C10H15ClN2. The first-order chi connectivity index (χ1) is 6.16. The van der Waals surface area contributed by atoms with Gasteiger partial charge in [-0.05, 0) is 24.6 Å². The van der Waals surface area contributed by atoms with Gasteiger partial charge in [-0.2, -0.15) is 0 Å². The molecule has 0 aliphatic heterocycles. The Balaban J connectivity index is 2.97. The molecule has 13 heavy (non-hydrogen) atoms. The molecule has 72 valence electrons. The number of nitrogens with zero attached hydrogens (tertiary/aromatic N) is 1. The van der Waals surface area contributed by atoms with Crippen LogP contribution in [0.1, 0.15) is 25.5 Å². The summed E-state index contributed by atoms with van der Waals surface area (Å²) in [5.74, 6) is 0.518. The Morgan fingerprint density at radius 2 is 2.15 bits per heavy atom. The molecule has 0 fully saturated rings. The van der Waals surface area contributed by atoms with E-state index < -0.39 is 0 Å². The lowest BCUT2D eigenvalue weighted by Gasteiger charge is -2.21. The predicted molar refractivity (Wildman–Crippen MR) is 55.9 cm³/mol. The first-order valence-corrected chi connectivity index (χ1v) is 4.81. The van der Waals surface area contributed by atoms with Crippen LogP contribution in [0.2, 0.25) is 5.02 Å². The van der Waals surface area contributed by atoms with Crippen molar-refractivity contribution < 1.29 is 0 Å². The maximum Gasteiger partial charge on any atom is 0.0637 e. The van der Waals surface area contributed by atoms with Crippen molar-refractivity contribution in [2.75, 3.05) is 7.05 Å². The van der Waals surface area contributed by atoms with E-state index in [-0.39, 0.29) is 0 Å². The third-order valence-corrected chi connectivity index (χ3v) is 2.43. The quantitative estimate of drug-likeness (QED) is 0.808. The minimum Gasteiger partial charge on any atom is -0.313 e. The van der Waals surface area contributed by atoms with E-state index in [9.17, 15) is 0 Å². The lowest BCUT2D eigenvalue weighted by Crippen LogP contribution is -2.22. The minimum atomic E-state index is 0.301. The summed E-state index contributed by atoms with van der Waals surface area (Å²) in [4.78, 5) is 3.96. The van der Waals surface area contributed by atoms with Gasteiger partial charge >= 0.3 is 0 Å². The fourth-order valence-electron chi connectivity index (χ4n) is 1.49. The highest BCUT2D eigenvalue weighted by Gasteiger charge is 2.15. The highest BCUT2D eigenvalue weighted by Crippen LogP contribution is 2.26. The van der Waals surface area contributed by atoms with E-state index in [0.29, 0.717) is 12.0 Å². The smallest absolute Gasteiger partial charge is 0.0637 e. The van der Waals surface area contributed by atoms with Crippen molar-refractivity contribution in [2.24, 2.45) is 5.92 Å². The van der Waals surface area contributed by atoms with Crippen LogP contribution in [0.25, 0.3) is 0 Å². The van der Waals surface area contributed by atoms with Gasteiger partial charge in [0.15, 0.2) is 0 Å². The number of pyridine rings is 1. The maximum absolute atomic E-state index is 6.04. The molecule has 0 bridgehead atoms. The number of aromatic nitrogens is 1. The summed E-state index contributed by atoms with van der Waals surface area (Å²) in [7, 11) is 1.95. The molecule has 1 aromatic heterocycles. The minimum absolute atomic E-state index is 0.301. The number of rotatable bonds is 3. The fourth-order valence-corrected chi connectivity index (χ4v) is 1.72. The second-order valence-corrected chi connectivity index (χ2v) is 3.81. The molecule has 1 N–H and O–H groups in total. The largest absolute Gasteiger partial charge is 0.313 e. The van der Waals surface area contributed by atoms with Crippen LogP contribution in [-0.2, 0) is 0 Å². The lowest BCUT2D eigenvalue weighted by atomic mass is 9.97. The third-order valence-electron chi connectivity index (χ3n) is 2.12. The SMILES string of the molecule is CNC(c1ccncc1Cl)C(C)C. The zero-order valence-electron chi connectivity index (χ0n) is 8.21. The molecule has 0 saturated heterocycles. The molecule has 0 aliphatic rings. The predicted octanol–water partition coefficient (Wildman–Crippen LogP) is 2.65. The van der Waals surface area contributed by atoms with E-state index in [4.69, 9.17) is 11.6 Å². The molecule has 0 aromatic carbocycles. The Kier molecular flexibility index (Phi) is 3.70. The van der Waals surface area contributed by atoms with Crippen LogP contribution in [0.5, 0.6) is 0 Å². The van der Waals surface area contributed by atoms with Gasteiger partial charge in [-0.15, -0.1) is 0 Å². The number of nitrogens with one attached hydrogen (secondary N) is 1. The van der Waals surface area contributed by atoms with Gasteiger partial charge in [0.1, 0.15) is 0 Å². The number of halogens is 1. The molecule has 0 amide bonds. The molecule has 1 rings (SSSR count). The Hall–Kier alpha value is -0.600. The van der Waals surface area contributed by atoms with Gasteiger partial charge in [-0.25, -0.2) is 0 Å². The highest BCUT2D eigenvalue weighted by molar-refractivity contribution is 6.31. The van der Waals surface area contributed by atoms with Crippen LogP contribution in [0.4, 0.5) is 0 Å². The monoisotopic (exact) mass is 198 g/mol. The molecule has 1 unspecified atom stereocenters. The van der Waals surface area contributed by atoms with Gasteiger partial charge in [-0.3, -0.25) is 4.98 Å². The van der Waals surface area contributed by atoms with Crippen molar-refractivity contribution >= 4 is 11.6 Å². The zero-order valence-corrected chi connectivity index (χ0v) is 8.97. The van der Waals surface area contributed by atoms with E-state index in [2.05, 4.69) is 24.1 Å². The summed E-state index contributed by atoms with van der Waals surface area (Å²) in [6, 6.07) is 2.26. The third kappa shape index (κ3) is 2.42. The second kappa shape index (κ2) is 4.58. The topological polar surface area (TPSA) is 24.9 Å². The Morgan fingerprint density at radius 3 is 2.62 bits per heavy atom. The molecule has 3 heteroatoms. The van der Waals surface area contributed by atoms with Gasteiger partial charge in [0, 0.05) is 18.4 Å². The normalized spacial score (nSPS) is 13.3. The maximum atomic E-state index is 6.04. The van der Waals surface area contributed by atoms with Crippen LogP contribution < -0.4 is 5.32 Å². The molecule has 2 nitrogen and oxygen atoms in total. The summed E-state index contributed by atoms with van der Waals surface area (Å²) in [5.41, 5.74) is 1.12. The molecule has 0 spiro atoms. The van der Waals surface area contributed by atoms with Crippen LogP contribution in [-0.4, -0.2) is 12.0 Å². The first-order valence-electron chi connectivity index (χ1n) is 4.43. The number of hydrogen-bond donors (Lipinski definition) is 1. The van der Waals surface area contributed by atoms with Crippen molar-refractivity contribution in [2.45, 2.75) is 19.9 Å². The molecule has 0 saturated carbocycles. The summed E-state index contributed by atoms with van der Waals surface area (Å²) in [6.45, 7) is 4.33. The Labute approximate surface area is 84.3 Å². The molecule has 1 aromatic rings.